The number of rotatable bonds is 5. The Kier molecular flexibility index (Phi) is 5.91. The van der Waals surface area contributed by atoms with E-state index in [0.717, 1.165) is 14.3 Å². The van der Waals surface area contributed by atoms with E-state index in [2.05, 4.69) is 61.3 Å². The Hall–Kier alpha value is -1.11. The highest BCUT2D eigenvalue weighted by atomic mass is 79.9. The second-order valence-electron chi connectivity index (χ2n) is 5.46. The molecule has 2 aromatic rings. The molecule has 122 valence electrons. The second-order valence-corrected chi connectivity index (χ2v) is 8.76. The summed E-state index contributed by atoms with van der Waals surface area (Å²) in [6, 6.07) is 4.22. The van der Waals surface area contributed by atoms with Gasteiger partial charge in [-0.1, -0.05) is 18.1 Å². The van der Waals surface area contributed by atoms with Crippen LogP contribution in [0, 0.1) is 0 Å². The van der Waals surface area contributed by atoms with Gasteiger partial charge in [0.15, 0.2) is 0 Å². The number of halogens is 1. The Morgan fingerprint density at radius 3 is 2.83 bits per heavy atom. The fourth-order valence-electron chi connectivity index (χ4n) is 2.62. The van der Waals surface area contributed by atoms with E-state index in [9.17, 15) is 0 Å². The van der Waals surface area contributed by atoms with Crippen LogP contribution in [0.3, 0.4) is 0 Å². The quantitative estimate of drug-likeness (QED) is 0.647. The number of nitrogens with zero attached hydrogens (tertiary/aromatic N) is 2. The third kappa shape index (κ3) is 4.25. The van der Waals surface area contributed by atoms with Crippen molar-refractivity contribution < 1.29 is 0 Å². The zero-order valence-electron chi connectivity index (χ0n) is 12.9. The van der Waals surface area contributed by atoms with Crippen LogP contribution in [0.25, 0.3) is 10.6 Å². The second kappa shape index (κ2) is 8.13. The van der Waals surface area contributed by atoms with Gasteiger partial charge in [-0.15, -0.1) is 29.3 Å². The van der Waals surface area contributed by atoms with E-state index < -0.39 is 0 Å². The normalized spacial score (nSPS) is 15.7. The summed E-state index contributed by atoms with van der Waals surface area (Å²) in [4.78, 5) is 6.80. The Bertz CT molecular complexity index is 759. The van der Waals surface area contributed by atoms with Crippen molar-refractivity contribution in [1.82, 2.24) is 4.68 Å². The van der Waals surface area contributed by atoms with E-state index in [-0.39, 0.29) is 0 Å². The molecular weight excluding hydrogens is 390 g/mol. The zero-order chi connectivity index (χ0) is 16.1. The number of hydrogen-bond acceptors (Lipinski definition) is 4. The lowest BCUT2D eigenvalue weighted by atomic mass is 9.96. The van der Waals surface area contributed by atoms with Gasteiger partial charge in [-0.05, 0) is 53.7 Å². The van der Waals surface area contributed by atoms with Gasteiger partial charge in [0, 0.05) is 11.6 Å². The van der Waals surface area contributed by atoms with Crippen molar-refractivity contribution >= 4 is 38.6 Å². The van der Waals surface area contributed by atoms with Crippen molar-refractivity contribution in [2.75, 3.05) is 12.0 Å². The molecule has 6 heteroatoms. The standard InChI is InChI=1S/C17H20BrN3S2/c1-2-10-19-17-21(20-11-13-6-4-3-5-7-13)14(12-22-17)15-8-9-16(18)23-15/h2,8-9,11-12,20H,1,3-7,10H2. The number of hydrogen-bond donors (Lipinski definition) is 1. The first kappa shape index (κ1) is 16.7. The molecule has 3 rings (SSSR count). The van der Waals surface area contributed by atoms with E-state index in [1.807, 2.05) is 6.08 Å². The van der Waals surface area contributed by atoms with Crippen LogP contribution >= 0.6 is 38.6 Å². The molecule has 2 heterocycles. The van der Waals surface area contributed by atoms with Crippen LogP contribution in [0.15, 0.2) is 50.7 Å². The average molecular weight is 410 g/mol. The van der Waals surface area contributed by atoms with Gasteiger partial charge in [-0.3, -0.25) is 10.4 Å². The molecule has 3 nitrogen and oxygen atoms in total. The molecule has 0 atom stereocenters. The summed E-state index contributed by atoms with van der Waals surface area (Å²) in [5.41, 5.74) is 6.13. The van der Waals surface area contributed by atoms with Crippen LogP contribution in [0.5, 0.6) is 0 Å². The summed E-state index contributed by atoms with van der Waals surface area (Å²) < 4.78 is 3.23. The molecule has 0 saturated heterocycles. The minimum absolute atomic E-state index is 0.631. The van der Waals surface area contributed by atoms with Gasteiger partial charge in [0.1, 0.15) is 0 Å². The van der Waals surface area contributed by atoms with Gasteiger partial charge in [0.25, 0.3) is 0 Å². The van der Waals surface area contributed by atoms with Gasteiger partial charge < -0.3 is 0 Å². The van der Waals surface area contributed by atoms with Crippen LogP contribution in [-0.4, -0.2) is 11.2 Å². The summed E-state index contributed by atoms with van der Waals surface area (Å²) in [5, 5.41) is 2.16. The monoisotopic (exact) mass is 409 g/mol. The van der Waals surface area contributed by atoms with Crippen molar-refractivity contribution in [3.63, 3.8) is 0 Å². The first-order valence-electron chi connectivity index (χ1n) is 7.80. The lowest BCUT2D eigenvalue weighted by Gasteiger charge is -2.15. The van der Waals surface area contributed by atoms with Crippen molar-refractivity contribution in [2.24, 2.45) is 4.99 Å². The number of nitrogens with one attached hydrogen (secondary N) is 1. The molecule has 0 spiro atoms. The molecule has 0 unspecified atom stereocenters. The summed E-state index contributed by atoms with van der Waals surface area (Å²) >= 11 is 6.94. The largest absolute Gasteiger partial charge is 0.299 e. The van der Waals surface area contributed by atoms with Crippen molar-refractivity contribution in [2.45, 2.75) is 32.1 Å². The van der Waals surface area contributed by atoms with Gasteiger partial charge in [-0.25, -0.2) is 4.68 Å². The van der Waals surface area contributed by atoms with Gasteiger partial charge in [0.2, 0.25) is 4.80 Å². The third-order valence-electron chi connectivity index (χ3n) is 3.78. The van der Waals surface area contributed by atoms with Crippen LogP contribution in [0.2, 0.25) is 0 Å². The molecule has 1 fully saturated rings. The lowest BCUT2D eigenvalue weighted by Crippen LogP contribution is -2.23. The van der Waals surface area contributed by atoms with Crippen LogP contribution in [0.1, 0.15) is 32.1 Å². The lowest BCUT2D eigenvalue weighted by molar-refractivity contribution is 0.597. The number of thiophene rings is 1. The minimum Gasteiger partial charge on any atom is -0.299 e. The topological polar surface area (TPSA) is 29.3 Å². The predicted molar refractivity (Wildman–Crippen MR) is 104 cm³/mol. The molecule has 1 aliphatic carbocycles. The first-order chi connectivity index (χ1) is 11.3. The van der Waals surface area contributed by atoms with E-state index in [4.69, 9.17) is 0 Å². The number of thiazole rings is 1. The molecule has 23 heavy (non-hydrogen) atoms. The van der Waals surface area contributed by atoms with E-state index >= 15 is 0 Å². The molecular formula is C17H20BrN3S2. The maximum Gasteiger partial charge on any atom is 0.204 e. The smallest absolute Gasteiger partial charge is 0.204 e. The average Bonchev–Trinajstić information content (AvgIpc) is 3.17. The molecule has 1 aliphatic rings. The van der Waals surface area contributed by atoms with Crippen LogP contribution in [0.4, 0.5) is 0 Å². The van der Waals surface area contributed by atoms with Crippen LogP contribution in [-0.2, 0) is 0 Å². The van der Waals surface area contributed by atoms with Gasteiger partial charge in [0.05, 0.1) is 20.9 Å². The highest BCUT2D eigenvalue weighted by molar-refractivity contribution is 9.11. The minimum atomic E-state index is 0.631. The Labute approximate surface area is 153 Å². The Morgan fingerprint density at radius 2 is 2.13 bits per heavy atom. The summed E-state index contributed by atoms with van der Waals surface area (Å²) in [6.07, 6.45) is 10.4. The van der Waals surface area contributed by atoms with Crippen molar-refractivity contribution in [1.29, 1.82) is 0 Å². The molecule has 0 radical (unpaired) electrons. The SMILES string of the molecule is C=CCN=c1scc(-c2ccc(Br)s2)n1NC=C1CCCCC1. The fraction of sp³-hybridized carbons (Fsp3) is 0.353. The Morgan fingerprint density at radius 1 is 1.30 bits per heavy atom. The molecule has 1 N–H and O–H groups in total. The predicted octanol–water partition coefficient (Wildman–Crippen LogP) is 5.52. The van der Waals surface area contributed by atoms with E-state index in [0.29, 0.717) is 6.54 Å². The van der Waals surface area contributed by atoms with Gasteiger partial charge in [-0.2, -0.15) is 0 Å². The maximum atomic E-state index is 4.61. The third-order valence-corrected chi connectivity index (χ3v) is 6.29. The molecule has 2 aromatic heterocycles. The fourth-order valence-corrected chi connectivity index (χ4v) is 4.94. The molecule has 1 saturated carbocycles. The number of allylic oxidation sites excluding steroid dienone is 1. The van der Waals surface area contributed by atoms with E-state index in [1.54, 1.807) is 22.7 Å². The summed E-state index contributed by atoms with van der Waals surface area (Å²) in [6.45, 7) is 4.39. The van der Waals surface area contributed by atoms with Crippen molar-refractivity contribution in [3.8, 4) is 10.6 Å². The zero-order valence-corrected chi connectivity index (χ0v) is 16.1. The maximum absolute atomic E-state index is 4.61. The van der Waals surface area contributed by atoms with Gasteiger partial charge >= 0.3 is 0 Å². The highest BCUT2D eigenvalue weighted by Gasteiger charge is 2.10. The summed E-state index contributed by atoms with van der Waals surface area (Å²) in [5.74, 6) is 0. The first-order valence-corrected chi connectivity index (χ1v) is 10.3. The van der Waals surface area contributed by atoms with E-state index in [1.165, 1.54) is 42.6 Å². The summed E-state index contributed by atoms with van der Waals surface area (Å²) in [7, 11) is 0. The molecule has 0 aliphatic heterocycles. The van der Waals surface area contributed by atoms with Crippen molar-refractivity contribution in [3.05, 3.63) is 50.5 Å². The molecule has 0 amide bonds. The highest BCUT2D eigenvalue weighted by Crippen LogP contribution is 2.31. The Balaban J connectivity index is 1.94. The number of aromatic nitrogens is 1. The molecule has 0 bridgehead atoms. The van der Waals surface area contributed by atoms with Crippen LogP contribution < -0.4 is 10.2 Å². The molecule has 0 aromatic carbocycles.